The predicted molar refractivity (Wildman–Crippen MR) is 55.4 cm³/mol. The number of nitrogens with one attached hydrogen (secondary N) is 1. The summed E-state index contributed by atoms with van der Waals surface area (Å²) in [7, 11) is -1.35. The van der Waals surface area contributed by atoms with Crippen molar-refractivity contribution in [1.29, 1.82) is 0 Å². The summed E-state index contributed by atoms with van der Waals surface area (Å²) in [4.78, 5) is 7.32. The third-order valence-electron chi connectivity index (χ3n) is 3.05. The maximum absolute atomic E-state index is 4.08. The van der Waals surface area contributed by atoms with Gasteiger partial charge in [-0.15, -0.1) is 0 Å². The molecule has 0 radical (unpaired) electrons. The van der Waals surface area contributed by atoms with E-state index in [9.17, 15) is 0 Å². The van der Waals surface area contributed by atoms with Crippen LogP contribution in [0.25, 0.3) is 0 Å². The number of rotatable bonds is 1. The third-order valence-corrected chi connectivity index (χ3v) is 8.42. The van der Waals surface area contributed by atoms with Crippen LogP contribution in [0, 0.1) is 0 Å². The van der Waals surface area contributed by atoms with Gasteiger partial charge >= 0.3 is 0 Å². The lowest BCUT2D eigenvalue weighted by molar-refractivity contribution is 0.728. The quantitative estimate of drug-likeness (QED) is 0.662. The van der Waals surface area contributed by atoms with E-state index in [2.05, 4.69) is 43.8 Å². The molecule has 1 heterocycles. The van der Waals surface area contributed by atoms with Gasteiger partial charge in [0.05, 0.1) is 6.33 Å². The molecule has 0 amide bonds. The molecule has 0 unspecified atom stereocenters. The number of aromatic nitrogens is 2. The Labute approximate surface area is 75.4 Å². The van der Waals surface area contributed by atoms with Crippen LogP contribution in [0.1, 0.15) is 20.8 Å². The van der Waals surface area contributed by atoms with Gasteiger partial charge in [0.2, 0.25) is 0 Å². The predicted octanol–water partition coefficient (Wildman–Crippen LogP) is 2.13. The monoisotopic (exact) mass is 182 g/mol. The fourth-order valence-corrected chi connectivity index (χ4v) is 2.63. The Morgan fingerprint density at radius 2 is 1.92 bits per heavy atom. The van der Waals surface area contributed by atoms with E-state index in [1.165, 1.54) is 5.32 Å². The number of imidazole rings is 1. The van der Waals surface area contributed by atoms with Crippen LogP contribution in [0.5, 0.6) is 0 Å². The van der Waals surface area contributed by atoms with Gasteiger partial charge in [0.1, 0.15) is 8.07 Å². The van der Waals surface area contributed by atoms with Gasteiger partial charge in [0.25, 0.3) is 0 Å². The minimum Gasteiger partial charge on any atom is -0.352 e. The molecule has 12 heavy (non-hydrogen) atoms. The highest BCUT2D eigenvalue weighted by molar-refractivity contribution is 6.91. The Balaban J connectivity index is 3.02. The normalized spacial score (nSPS) is 13.4. The molecule has 1 aromatic heterocycles. The Morgan fingerprint density at radius 1 is 1.33 bits per heavy atom. The first kappa shape index (κ1) is 9.51. The first-order chi connectivity index (χ1) is 5.36. The van der Waals surface area contributed by atoms with Crippen LogP contribution in [0.3, 0.4) is 0 Å². The minimum atomic E-state index is -1.35. The molecule has 0 aliphatic rings. The van der Waals surface area contributed by atoms with Gasteiger partial charge in [0, 0.05) is 11.5 Å². The summed E-state index contributed by atoms with van der Waals surface area (Å²) in [5.41, 5.74) is 0. The third kappa shape index (κ3) is 1.46. The summed E-state index contributed by atoms with van der Waals surface area (Å²) >= 11 is 0. The van der Waals surface area contributed by atoms with Crippen LogP contribution in [-0.2, 0) is 0 Å². The highest BCUT2D eigenvalue weighted by Crippen LogP contribution is 2.34. The molecule has 0 spiro atoms. The Morgan fingerprint density at radius 3 is 2.25 bits per heavy atom. The van der Waals surface area contributed by atoms with E-state index < -0.39 is 8.07 Å². The molecule has 1 aromatic rings. The number of nitrogens with zero attached hydrogens (tertiary/aromatic N) is 1. The van der Waals surface area contributed by atoms with Gasteiger partial charge in [0.15, 0.2) is 0 Å². The van der Waals surface area contributed by atoms with Crippen molar-refractivity contribution in [1.82, 2.24) is 9.97 Å². The second kappa shape index (κ2) is 2.73. The van der Waals surface area contributed by atoms with Crippen molar-refractivity contribution in [2.24, 2.45) is 0 Å². The molecule has 68 valence electrons. The fraction of sp³-hybridized carbons (Fsp3) is 0.667. The van der Waals surface area contributed by atoms with E-state index in [0.717, 1.165) is 0 Å². The average Bonchev–Trinajstić information content (AvgIpc) is 2.34. The summed E-state index contributed by atoms with van der Waals surface area (Å²) in [5, 5.41) is 1.73. The Kier molecular flexibility index (Phi) is 2.16. The molecule has 0 aromatic carbocycles. The van der Waals surface area contributed by atoms with Gasteiger partial charge in [-0.3, -0.25) is 0 Å². The molecule has 0 atom stereocenters. The highest BCUT2D eigenvalue weighted by atomic mass is 28.3. The van der Waals surface area contributed by atoms with Gasteiger partial charge in [-0.05, 0) is 5.04 Å². The summed E-state index contributed by atoms with van der Waals surface area (Å²) in [6, 6.07) is 0. The molecular weight excluding hydrogens is 164 g/mol. The first-order valence-corrected chi connectivity index (χ1v) is 7.34. The molecular formula is C9H18N2Si. The second-order valence-corrected chi connectivity index (χ2v) is 10.1. The smallest absolute Gasteiger partial charge is 0.109 e. The number of hydrogen-bond acceptors (Lipinski definition) is 1. The number of H-pyrrole nitrogens is 1. The van der Waals surface area contributed by atoms with E-state index in [-0.39, 0.29) is 0 Å². The zero-order chi connectivity index (χ0) is 9.41. The largest absolute Gasteiger partial charge is 0.352 e. The molecule has 0 saturated carbocycles. The van der Waals surface area contributed by atoms with Crippen LogP contribution in [0.2, 0.25) is 18.1 Å². The summed E-state index contributed by atoms with van der Waals surface area (Å²) < 4.78 is 0. The van der Waals surface area contributed by atoms with Crippen molar-refractivity contribution in [3.63, 3.8) is 0 Å². The van der Waals surface area contributed by atoms with E-state index in [4.69, 9.17) is 0 Å². The van der Waals surface area contributed by atoms with Gasteiger partial charge in [-0.1, -0.05) is 33.9 Å². The van der Waals surface area contributed by atoms with Crippen LogP contribution in [0.15, 0.2) is 12.5 Å². The summed E-state index contributed by atoms with van der Waals surface area (Å²) in [6.45, 7) is 11.7. The number of aromatic amines is 1. The Hall–Kier alpha value is -0.573. The molecule has 3 heteroatoms. The molecule has 0 bridgehead atoms. The lowest BCUT2D eigenvalue weighted by Gasteiger charge is -2.35. The molecule has 0 aliphatic heterocycles. The highest BCUT2D eigenvalue weighted by Gasteiger charge is 2.37. The second-order valence-electron chi connectivity index (χ2n) is 4.84. The van der Waals surface area contributed by atoms with Gasteiger partial charge in [-0.2, -0.15) is 0 Å². The SMILES string of the molecule is CC(C)(C)[Si](C)(C)c1cnc[nH]1. The van der Waals surface area contributed by atoms with Crippen molar-refractivity contribution in [3.8, 4) is 0 Å². The van der Waals surface area contributed by atoms with Crippen molar-refractivity contribution >= 4 is 13.4 Å². The molecule has 2 nitrogen and oxygen atoms in total. The molecule has 0 fully saturated rings. The van der Waals surface area contributed by atoms with Crippen LogP contribution in [-0.4, -0.2) is 18.0 Å². The van der Waals surface area contributed by atoms with Crippen molar-refractivity contribution < 1.29 is 0 Å². The van der Waals surface area contributed by atoms with Crippen molar-refractivity contribution in [2.45, 2.75) is 38.9 Å². The van der Waals surface area contributed by atoms with Gasteiger partial charge < -0.3 is 4.98 Å². The molecule has 0 aliphatic carbocycles. The maximum atomic E-state index is 4.08. The summed E-state index contributed by atoms with van der Waals surface area (Å²) in [5.74, 6) is 0. The lowest BCUT2D eigenvalue weighted by Crippen LogP contribution is -2.50. The summed E-state index contributed by atoms with van der Waals surface area (Å²) in [6.07, 6.45) is 3.74. The van der Waals surface area contributed by atoms with Crippen LogP contribution >= 0.6 is 0 Å². The first-order valence-electron chi connectivity index (χ1n) is 4.34. The van der Waals surface area contributed by atoms with Crippen LogP contribution in [0.4, 0.5) is 0 Å². The van der Waals surface area contributed by atoms with Crippen molar-refractivity contribution in [3.05, 3.63) is 12.5 Å². The lowest BCUT2D eigenvalue weighted by atomic mass is 10.2. The van der Waals surface area contributed by atoms with E-state index in [1.54, 1.807) is 6.33 Å². The van der Waals surface area contributed by atoms with E-state index in [0.29, 0.717) is 5.04 Å². The molecule has 1 rings (SSSR count). The van der Waals surface area contributed by atoms with Crippen molar-refractivity contribution in [2.75, 3.05) is 0 Å². The zero-order valence-corrected chi connectivity index (χ0v) is 9.60. The topological polar surface area (TPSA) is 28.7 Å². The standard InChI is InChI=1S/C9H18N2Si/c1-9(2,3)12(4,5)8-6-10-7-11-8/h6-7H,1-5H3,(H,10,11). The zero-order valence-electron chi connectivity index (χ0n) is 8.60. The maximum Gasteiger partial charge on any atom is 0.109 e. The molecule has 0 saturated heterocycles. The average molecular weight is 182 g/mol. The minimum absolute atomic E-state index is 0.388. The van der Waals surface area contributed by atoms with E-state index in [1.807, 2.05) is 6.20 Å². The fourth-order valence-electron chi connectivity index (χ4n) is 1.00. The molecule has 1 N–H and O–H groups in total. The van der Waals surface area contributed by atoms with E-state index >= 15 is 0 Å². The number of hydrogen-bond donors (Lipinski definition) is 1. The Bertz CT molecular complexity index is 244. The van der Waals surface area contributed by atoms with Crippen LogP contribution < -0.4 is 5.32 Å². The van der Waals surface area contributed by atoms with Gasteiger partial charge in [-0.25, -0.2) is 4.98 Å².